The van der Waals surface area contributed by atoms with E-state index in [0.717, 1.165) is 36.8 Å². The van der Waals surface area contributed by atoms with Crippen molar-refractivity contribution in [3.05, 3.63) is 84.4 Å². The zero-order valence-corrected chi connectivity index (χ0v) is 21.1. The number of aliphatic carboxylic acids is 1. The minimum atomic E-state index is -0.991. The Morgan fingerprint density at radius 1 is 0.833 bits per heavy atom. The van der Waals surface area contributed by atoms with Gasteiger partial charge in [0, 0.05) is 12.8 Å². The van der Waals surface area contributed by atoms with E-state index in [4.69, 9.17) is 11.5 Å². The monoisotopic (exact) mass is 495 g/mol. The summed E-state index contributed by atoms with van der Waals surface area (Å²) in [5, 5.41) is 11.9. The van der Waals surface area contributed by atoms with Gasteiger partial charge in [-0.15, -0.1) is 6.58 Å². The van der Waals surface area contributed by atoms with Crippen LogP contribution in [-0.2, 0) is 27.2 Å². The molecule has 196 valence electrons. The van der Waals surface area contributed by atoms with Gasteiger partial charge in [-0.3, -0.25) is 9.59 Å². The first-order chi connectivity index (χ1) is 17.3. The fraction of sp³-hybridized carbons (Fsp3) is 0.414. The van der Waals surface area contributed by atoms with E-state index in [1.165, 1.54) is 19.3 Å². The maximum Gasteiger partial charge on any atom is 0.326 e. The number of unbranched alkanes of at least 4 members (excludes halogenated alkanes) is 6. The van der Waals surface area contributed by atoms with Crippen molar-refractivity contribution in [2.45, 2.75) is 76.3 Å². The van der Waals surface area contributed by atoms with Crippen molar-refractivity contribution >= 4 is 17.8 Å². The lowest BCUT2D eigenvalue weighted by atomic mass is 10.1. The highest BCUT2D eigenvalue weighted by molar-refractivity contribution is 5.83. The Morgan fingerprint density at radius 2 is 1.33 bits per heavy atom. The van der Waals surface area contributed by atoms with Crippen molar-refractivity contribution in [2.75, 3.05) is 0 Å². The van der Waals surface area contributed by atoms with Gasteiger partial charge in [-0.25, -0.2) is 4.79 Å². The van der Waals surface area contributed by atoms with Crippen molar-refractivity contribution in [2.24, 2.45) is 11.5 Å². The van der Waals surface area contributed by atoms with Crippen molar-refractivity contribution in [1.29, 1.82) is 0 Å². The van der Waals surface area contributed by atoms with Crippen molar-refractivity contribution in [3.63, 3.8) is 0 Å². The summed E-state index contributed by atoms with van der Waals surface area (Å²) in [5.41, 5.74) is 12.4. The van der Waals surface area contributed by atoms with E-state index < -0.39 is 24.0 Å². The average molecular weight is 496 g/mol. The van der Waals surface area contributed by atoms with Gasteiger partial charge in [-0.2, -0.15) is 0 Å². The molecule has 0 bridgehead atoms. The first kappa shape index (κ1) is 30.6. The van der Waals surface area contributed by atoms with E-state index in [0.29, 0.717) is 19.3 Å². The summed E-state index contributed by atoms with van der Waals surface area (Å²) in [6.45, 7) is 3.70. The lowest BCUT2D eigenvalue weighted by molar-refractivity contribution is -0.141. The van der Waals surface area contributed by atoms with Crippen LogP contribution in [0.4, 0.5) is 0 Å². The Kier molecular flexibility index (Phi) is 16.0. The van der Waals surface area contributed by atoms with Crippen LogP contribution in [0.5, 0.6) is 0 Å². The molecule has 2 atom stereocenters. The van der Waals surface area contributed by atoms with Gasteiger partial charge < -0.3 is 21.9 Å². The summed E-state index contributed by atoms with van der Waals surface area (Å²) in [5.74, 6) is -1.63. The van der Waals surface area contributed by atoms with Crippen LogP contribution in [0, 0.1) is 0 Å². The van der Waals surface area contributed by atoms with E-state index in [-0.39, 0.29) is 5.91 Å². The van der Waals surface area contributed by atoms with Crippen molar-refractivity contribution in [1.82, 2.24) is 5.32 Å². The quantitative estimate of drug-likeness (QED) is 0.205. The summed E-state index contributed by atoms with van der Waals surface area (Å²) < 4.78 is 0. The summed E-state index contributed by atoms with van der Waals surface area (Å²) in [6, 6.07) is 17.5. The van der Waals surface area contributed by atoms with Gasteiger partial charge in [-0.05, 0) is 36.8 Å². The second-order valence-electron chi connectivity index (χ2n) is 8.80. The zero-order chi connectivity index (χ0) is 26.6. The third-order valence-corrected chi connectivity index (χ3v) is 5.64. The number of primary amides is 1. The lowest BCUT2D eigenvalue weighted by Crippen LogP contribution is -2.42. The molecule has 0 aliphatic heterocycles. The van der Waals surface area contributed by atoms with Gasteiger partial charge in [0.15, 0.2) is 0 Å². The molecule has 6 N–H and O–H groups in total. The number of benzene rings is 2. The number of carboxylic acid groups (broad SMARTS) is 1. The van der Waals surface area contributed by atoms with Crippen LogP contribution in [0.3, 0.4) is 0 Å². The number of carbonyl (C=O) groups is 3. The topological polar surface area (TPSA) is 136 Å². The second-order valence-corrected chi connectivity index (χ2v) is 8.80. The number of hydrogen-bond acceptors (Lipinski definition) is 4. The van der Waals surface area contributed by atoms with E-state index in [1.54, 1.807) is 0 Å². The first-order valence-electron chi connectivity index (χ1n) is 12.6. The molecular formula is C29H41N3O4. The predicted octanol–water partition coefficient (Wildman–Crippen LogP) is 4.15. The van der Waals surface area contributed by atoms with E-state index >= 15 is 0 Å². The predicted molar refractivity (Wildman–Crippen MR) is 144 cm³/mol. The number of nitrogens with two attached hydrogens (primary N) is 2. The molecule has 0 aromatic heterocycles. The summed E-state index contributed by atoms with van der Waals surface area (Å²) in [4.78, 5) is 33.9. The molecule has 0 spiro atoms. The molecule has 0 saturated carbocycles. The Morgan fingerprint density at radius 3 is 1.83 bits per heavy atom. The van der Waals surface area contributed by atoms with Gasteiger partial charge in [0.1, 0.15) is 6.04 Å². The summed E-state index contributed by atoms with van der Waals surface area (Å²) >= 11 is 0. The van der Waals surface area contributed by atoms with Gasteiger partial charge >= 0.3 is 5.97 Å². The van der Waals surface area contributed by atoms with E-state index in [1.807, 2.05) is 66.7 Å². The molecule has 2 aromatic carbocycles. The fourth-order valence-corrected chi connectivity index (χ4v) is 3.57. The standard InChI is InChI=1S/C20H29NO3.C9H12N2O/c1-2-3-4-5-6-7-8-12-15-19(22)21-18(20(23)24)16-17-13-10-9-11-14-17;10-8(9(11)12)6-7-4-2-1-3-5-7/h2,9-11,13-14,18H,1,3-8,12,15-16H2,(H,21,22)(H,23,24);1-5,8H,6,10H2,(H2,11,12). The zero-order valence-electron chi connectivity index (χ0n) is 21.1. The van der Waals surface area contributed by atoms with Crippen LogP contribution in [-0.4, -0.2) is 35.0 Å². The molecule has 0 heterocycles. The maximum atomic E-state index is 11.9. The molecule has 36 heavy (non-hydrogen) atoms. The van der Waals surface area contributed by atoms with E-state index in [2.05, 4.69) is 11.9 Å². The van der Waals surface area contributed by atoms with Crippen LogP contribution < -0.4 is 16.8 Å². The highest BCUT2D eigenvalue weighted by atomic mass is 16.4. The SMILES string of the molecule is C=CCCCCCCCCC(=O)NC(Cc1ccccc1)C(=O)O.NC(=O)C(N)Cc1ccccc1. The maximum absolute atomic E-state index is 11.9. The van der Waals surface area contributed by atoms with Crippen LogP contribution in [0.25, 0.3) is 0 Å². The number of carboxylic acids is 1. The third-order valence-electron chi connectivity index (χ3n) is 5.64. The Bertz CT molecular complexity index is 903. The average Bonchev–Trinajstić information content (AvgIpc) is 2.87. The molecule has 0 aliphatic rings. The molecule has 2 unspecified atom stereocenters. The smallest absolute Gasteiger partial charge is 0.326 e. The number of hydrogen-bond donors (Lipinski definition) is 4. The van der Waals surface area contributed by atoms with Gasteiger partial charge in [0.25, 0.3) is 0 Å². The van der Waals surface area contributed by atoms with Crippen LogP contribution in [0.15, 0.2) is 73.3 Å². The van der Waals surface area contributed by atoms with Gasteiger partial charge in [0.2, 0.25) is 11.8 Å². The van der Waals surface area contributed by atoms with Crippen LogP contribution in [0.1, 0.15) is 62.5 Å². The largest absolute Gasteiger partial charge is 0.480 e. The van der Waals surface area contributed by atoms with Crippen molar-refractivity contribution in [3.8, 4) is 0 Å². The Hall–Kier alpha value is -3.45. The summed E-state index contributed by atoms with van der Waals surface area (Å²) in [6.07, 6.45) is 10.7. The van der Waals surface area contributed by atoms with Crippen molar-refractivity contribution < 1.29 is 19.5 Å². The number of nitrogens with one attached hydrogen (secondary N) is 1. The molecule has 0 radical (unpaired) electrons. The lowest BCUT2D eigenvalue weighted by Gasteiger charge is -2.14. The Labute approximate surface area is 215 Å². The van der Waals surface area contributed by atoms with E-state index in [9.17, 15) is 19.5 Å². The first-order valence-corrected chi connectivity index (χ1v) is 12.6. The minimum Gasteiger partial charge on any atom is -0.480 e. The number of carbonyl (C=O) groups excluding carboxylic acids is 2. The third kappa shape index (κ3) is 14.7. The Balaban J connectivity index is 0.000000450. The number of allylic oxidation sites excluding steroid dienone is 1. The normalized spacial score (nSPS) is 11.9. The summed E-state index contributed by atoms with van der Waals surface area (Å²) in [7, 11) is 0. The molecule has 0 saturated heterocycles. The number of rotatable bonds is 16. The van der Waals surface area contributed by atoms with Gasteiger partial charge in [0.05, 0.1) is 6.04 Å². The molecule has 0 aliphatic carbocycles. The molecule has 2 aromatic rings. The van der Waals surface area contributed by atoms with Crippen LogP contribution in [0.2, 0.25) is 0 Å². The molecule has 0 fully saturated rings. The second kappa shape index (κ2) is 18.8. The molecule has 2 amide bonds. The molecule has 7 nitrogen and oxygen atoms in total. The number of amides is 2. The fourth-order valence-electron chi connectivity index (χ4n) is 3.57. The van der Waals surface area contributed by atoms with Crippen LogP contribution >= 0.6 is 0 Å². The molecule has 7 heteroatoms. The highest BCUT2D eigenvalue weighted by Crippen LogP contribution is 2.09. The molecule has 2 rings (SSSR count). The minimum absolute atomic E-state index is 0.176. The van der Waals surface area contributed by atoms with Gasteiger partial charge in [-0.1, -0.05) is 92.4 Å². The highest BCUT2D eigenvalue weighted by Gasteiger charge is 2.20. The molecular weight excluding hydrogens is 454 g/mol.